The third-order valence-corrected chi connectivity index (χ3v) is 7.42. The van der Waals surface area contributed by atoms with Gasteiger partial charge in [-0.2, -0.15) is 0 Å². The van der Waals surface area contributed by atoms with Crippen molar-refractivity contribution in [3.63, 3.8) is 0 Å². The summed E-state index contributed by atoms with van der Waals surface area (Å²) in [5.41, 5.74) is 0. The lowest BCUT2D eigenvalue weighted by Gasteiger charge is -2.35. The molecule has 3 heterocycles. The zero-order valence-corrected chi connectivity index (χ0v) is 17.9. The molecular formula is C23H38O6. The summed E-state index contributed by atoms with van der Waals surface area (Å²) in [6.45, 7) is 3.52. The first-order valence-electron chi connectivity index (χ1n) is 12.2. The molecule has 5 atom stereocenters. The Morgan fingerprint density at radius 2 is 1.52 bits per heavy atom. The summed E-state index contributed by atoms with van der Waals surface area (Å²) in [6.07, 6.45) is 13.6. The molecule has 3 saturated heterocycles. The van der Waals surface area contributed by atoms with Gasteiger partial charge in [-0.1, -0.05) is 32.6 Å². The Labute approximate surface area is 174 Å². The molecule has 0 amide bonds. The van der Waals surface area contributed by atoms with Crippen molar-refractivity contribution in [3.05, 3.63) is 0 Å². The van der Waals surface area contributed by atoms with E-state index in [1.165, 1.54) is 38.5 Å². The van der Waals surface area contributed by atoms with Gasteiger partial charge in [0.15, 0.2) is 17.9 Å². The highest BCUT2D eigenvalue weighted by Crippen LogP contribution is 2.48. The van der Waals surface area contributed by atoms with Gasteiger partial charge >= 0.3 is 0 Å². The van der Waals surface area contributed by atoms with Crippen LogP contribution < -0.4 is 0 Å². The van der Waals surface area contributed by atoms with Gasteiger partial charge in [0, 0.05) is 32.3 Å². The van der Waals surface area contributed by atoms with Gasteiger partial charge in [-0.05, 0) is 32.1 Å². The average molecular weight is 411 g/mol. The minimum atomic E-state index is -0.457. The highest BCUT2D eigenvalue weighted by atomic mass is 16.9. The highest BCUT2D eigenvalue weighted by molar-refractivity contribution is 5.01. The first kappa shape index (κ1) is 20.7. The van der Waals surface area contributed by atoms with E-state index >= 15 is 0 Å². The maximum atomic E-state index is 6.54. The second-order valence-electron chi connectivity index (χ2n) is 9.62. The lowest BCUT2D eigenvalue weighted by atomic mass is 9.94. The molecule has 0 bridgehead atoms. The fraction of sp³-hybridized carbons (Fsp3) is 1.00. The standard InChI is InChI=1S/C23H38O6/c1-2-3-10-15-24-19-18(17-16-25-22(27-17)11-6-4-7-12-22)26-21-20(19)28-23(29-21)13-8-5-9-14-23/h17-21H,2-16H2,1H3/t17-,18+,19+,20+,21-/m0/s1. The maximum Gasteiger partial charge on any atom is 0.190 e. The fourth-order valence-corrected chi connectivity index (χ4v) is 5.84. The minimum Gasteiger partial charge on any atom is -0.372 e. The van der Waals surface area contributed by atoms with Crippen molar-refractivity contribution in [1.29, 1.82) is 0 Å². The van der Waals surface area contributed by atoms with Crippen LogP contribution in [0.15, 0.2) is 0 Å². The molecule has 0 N–H and O–H groups in total. The van der Waals surface area contributed by atoms with Crippen molar-refractivity contribution in [2.45, 2.75) is 133 Å². The van der Waals surface area contributed by atoms with Crippen LogP contribution in [0.3, 0.4) is 0 Å². The van der Waals surface area contributed by atoms with E-state index < -0.39 is 11.6 Å². The SMILES string of the molecule is CCCCCO[C@H]1[C@H]2OC3(CCCCC3)O[C@@H]2O[C@@H]1[C@@H]1COC2(CCCCC2)O1. The van der Waals surface area contributed by atoms with E-state index in [1.807, 2.05) is 0 Å². The monoisotopic (exact) mass is 410 g/mol. The van der Waals surface area contributed by atoms with E-state index in [2.05, 4.69) is 6.92 Å². The minimum absolute atomic E-state index is 0.107. The van der Waals surface area contributed by atoms with Gasteiger partial charge in [0.05, 0.1) is 6.61 Å². The van der Waals surface area contributed by atoms with Gasteiger partial charge in [0.2, 0.25) is 0 Å². The Bertz CT molecular complexity index is 541. The summed E-state index contributed by atoms with van der Waals surface area (Å²) in [6, 6.07) is 0. The second kappa shape index (κ2) is 8.71. The Hall–Kier alpha value is -0.240. The van der Waals surface area contributed by atoms with Crippen molar-refractivity contribution in [2.24, 2.45) is 0 Å². The molecule has 2 aliphatic carbocycles. The van der Waals surface area contributed by atoms with Crippen molar-refractivity contribution in [1.82, 2.24) is 0 Å². The summed E-state index contributed by atoms with van der Waals surface area (Å²) < 4.78 is 38.4. The summed E-state index contributed by atoms with van der Waals surface area (Å²) in [7, 11) is 0. The van der Waals surface area contributed by atoms with Crippen LogP contribution in [0, 0.1) is 0 Å². The number of unbranched alkanes of at least 4 members (excludes halogenated alkanes) is 2. The summed E-state index contributed by atoms with van der Waals surface area (Å²) >= 11 is 0. The van der Waals surface area contributed by atoms with Gasteiger partial charge in [0.1, 0.15) is 24.4 Å². The number of fused-ring (bicyclic) bond motifs is 1. The largest absolute Gasteiger partial charge is 0.372 e. The summed E-state index contributed by atoms with van der Waals surface area (Å²) in [5.74, 6) is -0.857. The molecular weight excluding hydrogens is 372 g/mol. The third kappa shape index (κ3) is 4.13. The molecule has 0 aromatic heterocycles. The third-order valence-electron chi connectivity index (χ3n) is 7.42. The van der Waals surface area contributed by atoms with Crippen LogP contribution in [-0.4, -0.2) is 55.5 Å². The first-order valence-corrected chi connectivity index (χ1v) is 12.2. The van der Waals surface area contributed by atoms with Crippen LogP contribution in [0.1, 0.15) is 90.4 Å². The Morgan fingerprint density at radius 3 is 2.24 bits per heavy atom. The Morgan fingerprint density at radius 1 is 0.793 bits per heavy atom. The average Bonchev–Trinajstić information content (AvgIpc) is 3.39. The normalized spacial score (nSPS) is 40.7. The first-order chi connectivity index (χ1) is 14.2. The zero-order valence-electron chi connectivity index (χ0n) is 17.9. The van der Waals surface area contributed by atoms with E-state index in [4.69, 9.17) is 28.4 Å². The lowest BCUT2D eigenvalue weighted by molar-refractivity contribution is -0.262. The van der Waals surface area contributed by atoms with Crippen molar-refractivity contribution in [3.8, 4) is 0 Å². The van der Waals surface area contributed by atoms with Gasteiger partial charge in [0.25, 0.3) is 0 Å². The van der Waals surface area contributed by atoms with E-state index in [9.17, 15) is 0 Å². The smallest absolute Gasteiger partial charge is 0.190 e. The predicted octanol–water partition coefficient (Wildman–Crippen LogP) is 4.44. The number of ether oxygens (including phenoxy) is 6. The molecule has 6 nitrogen and oxygen atoms in total. The van der Waals surface area contributed by atoms with Crippen LogP contribution >= 0.6 is 0 Å². The van der Waals surface area contributed by atoms with E-state index in [0.717, 1.165) is 51.6 Å². The molecule has 5 fully saturated rings. The van der Waals surface area contributed by atoms with E-state index in [1.54, 1.807) is 0 Å². The lowest BCUT2D eigenvalue weighted by Crippen LogP contribution is -2.46. The molecule has 0 aromatic rings. The number of rotatable bonds is 6. The molecule has 0 aromatic carbocycles. The Kier molecular flexibility index (Phi) is 6.21. The number of hydrogen-bond acceptors (Lipinski definition) is 6. The highest BCUT2D eigenvalue weighted by Gasteiger charge is 2.61. The van der Waals surface area contributed by atoms with Crippen LogP contribution in [0.5, 0.6) is 0 Å². The van der Waals surface area contributed by atoms with Crippen molar-refractivity contribution >= 4 is 0 Å². The van der Waals surface area contributed by atoms with Crippen molar-refractivity contribution in [2.75, 3.05) is 13.2 Å². The zero-order chi connectivity index (χ0) is 19.7. The summed E-state index contributed by atoms with van der Waals surface area (Å²) in [4.78, 5) is 0. The fourth-order valence-electron chi connectivity index (χ4n) is 5.84. The van der Waals surface area contributed by atoms with Crippen molar-refractivity contribution < 1.29 is 28.4 Å². The maximum absolute atomic E-state index is 6.54. The van der Waals surface area contributed by atoms with E-state index in [0.29, 0.717) is 6.61 Å². The molecule has 29 heavy (non-hydrogen) atoms. The molecule has 166 valence electrons. The molecule has 5 aliphatic rings. The van der Waals surface area contributed by atoms with E-state index in [-0.39, 0.29) is 30.7 Å². The molecule has 5 rings (SSSR count). The molecule has 3 aliphatic heterocycles. The van der Waals surface area contributed by atoms with Crippen LogP contribution in [0.25, 0.3) is 0 Å². The van der Waals surface area contributed by atoms with Crippen LogP contribution in [-0.2, 0) is 28.4 Å². The molecule has 0 radical (unpaired) electrons. The van der Waals surface area contributed by atoms with Gasteiger partial charge < -0.3 is 28.4 Å². The molecule has 0 unspecified atom stereocenters. The molecule has 2 saturated carbocycles. The van der Waals surface area contributed by atoms with Crippen LogP contribution in [0.4, 0.5) is 0 Å². The second-order valence-corrected chi connectivity index (χ2v) is 9.62. The topological polar surface area (TPSA) is 55.4 Å². The Balaban J connectivity index is 1.27. The van der Waals surface area contributed by atoms with Crippen LogP contribution in [0.2, 0.25) is 0 Å². The van der Waals surface area contributed by atoms with Gasteiger partial charge in [-0.15, -0.1) is 0 Å². The van der Waals surface area contributed by atoms with Gasteiger partial charge in [-0.25, -0.2) is 0 Å². The summed E-state index contributed by atoms with van der Waals surface area (Å²) in [5, 5.41) is 0. The molecule has 6 heteroatoms. The number of hydrogen-bond donors (Lipinski definition) is 0. The van der Waals surface area contributed by atoms with Gasteiger partial charge in [-0.3, -0.25) is 0 Å². The molecule has 2 spiro atoms. The predicted molar refractivity (Wildman–Crippen MR) is 106 cm³/mol. The quantitative estimate of drug-likeness (QED) is 0.604.